The number of ether oxygens (including phenoxy) is 1. The quantitative estimate of drug-likeness (QED) is 0.794. The summed E-state index contributed by atoms with van der Waals surface area (Å²) < 4.78 is 5.70. The fourth-order valence-corrected chi connectivity index (χ4v) is 4.32. The number of benzene rings is 2. The monoisotopic (exact) mass is 405 g/mol. The minimum absolute atomic E-state index is 0.0428. The molecule has 2 heterocycles. The van der Waals surface area contributed by atoms with Gasteiger partial charge in [-0.3, -0.25) is 9.59 Å². The lowest BCUT2D eigenvalue weighted by molar-refractivity contribution is -0.131. The van der Waals surface area contributed by atoms with E-state index in [1.165, 1.54) is 6.08 Å². The molecule has 0 spiro atoms. The number of piperidine rings is 1. The Kier molecular flexibility index (Phi) is 5.48. The molecule has 6 nitrogen and oxygen atoms in total. The average molecular weight is 405 g/mol. The Hall–Kier alpha value is -3.28. The van der Waals surface area contributed by atoms with Crippen LogP contribution >= 0.6 is 0 Å². The SMILES string of the molecule is C=CC(=O)N1CCC(C(=O)Nc2ccc3c(c2)N(C)CCO3)(c2ccccc2)CC1. The molecule has 30 heavy (non-hydrogen) atoms. The van der Waals surface area contributed by atoms with Crippen LogP contribution in [0.4, 0.5) is 11.4 Å². The molecule has 156 valence electrons. The maximum atomic E-state index is 13.6. The first-order valence-electron chi connectivity index (χ1n) is 10.3. The Morgan fingerprint density at radius 2 is 1.83 bits per heavy atom. The second-order valence-corrected chi connectivity index (χ2v) is 7.88. The molecule has 0 radical (unpaired) electrons. The number of nitrogens with zero attached hydrogens (tertiary/aromatic N) is 2. The van der Waals surface area contributed by atoms with Gasteiger partial charge in [-0.25, -0.2) is 0 Å². The van der Waals surface area contributed by atoms with Gasteiger partial charge in [0.1, 0.15) is 12.4 Å². The highest BCUT2D eigenvalue weighted by atomic mass is 16.5. The van der Waals surface area contributed by atoms with Gasteiger partial charge in [0.25, 0.3) is 0 Å². The van der Waals surface area contributed by atoms with Gasteiger partial charge >= 0.3 is 0 Å². The molecule has 4 rings (SSSR count). The van der Waals surface area contributed by atoms with Gasteiger partial charge in [0.15, 0.2) is 0 Å². The van der Waals surface area contributed by atoms with Gasteiger partial charge in [-0.1, -0.05) is 36.9 Å². The molecule has 0 atom stereocenters. The van der Waals surface area contributed by atoms with Crippen LogP contribution in [0, 0.1) is 0 Å². The van der Waals surface area contributed by atoms with E-state index in [0.29, 0.717) is 32.5 Å². The van der Waals surface area contributed by atoms with Gasteiger partial charge in [-0.15, -0.1) is 0 Å². The molecular weight excluding hydrogens is 378 g/mol. The number of carbonyl (C=O) groups is 2. The predicted octanol–water partition coefficient (Wildman–Crippen LogP) is 3.20. The normalized spacial score (nSPS) is 17.5. The van der Waals surface area contributed by atoms with E-state index in [-0.39, 0.29) is 11.8 Å². The maximum absolute atomic E-state index is 13.6. The highest BCUT2D eigenvalue weighted by Crippen LogP contribution is 2.38. The second kappa shape index (κ2) is 8.22. The third kappa shape index (κ3) is 3.65. The minimum atomic E-state index is -0.683. The molecule has 0 unspecified atom stereocenters. The van der Waals surface area contributed by atoms with E-state index in [4.69, 9.17) is 4.74 Å². The summed E-state index contributed by atoms with van der Waals surface area (Å²) in [7, 11) is 2.02. The van der Waals surface area contributed by atoms with Gasteiger partial charge in [-0.2, -0.15) is 0 Å². The number of likely N-dealkylation sites (tertiary alicyclic amines) is 1. The molecule has 0 bridgehead atoms. The van der Waals surface area contributed by atoms with Crippen LogP contribution < -0.4 is 15.0 Å². The van der Waals surface area contributed by atoms with E-state index in [2.05, 4.69) is 16.8 Å². The highest BCUT2D eigenvalue weighted by molar-refractivity contribution is 6.00. The summed E-state index contributed by atoms with van der Waals surface area (Å²) >= 11 is 0. The first-order chi connectivity index (χ1) is 14.5. The molecule has 2 aliphatic heterocycles. The number of nitrogens with one attached hydrogen (secondary N) is 1. The molecule has 2 amide bonds. The third-order valence-corrected chi connectivity index (χ3v) is 6.18. The Labute approximate surface area is 177 Å². The molecule has 6 heteroatoms. The summed E-state index contributed by atoms with van der Waals surface area (Å²) in [6.45, 7) is 6.09. The molecular formula is C24H27N3O3. The van der Waals surface area contributed by atoms with Gasteiger partial charge < -0.3 is 19.9 Å². The van der Waals surface area contributed by atoms with Crippen LogP contribution in [0.25, 0.3) is 0 Å². The maximum Gasteiger partial charge on any atom is 0.245 e. The zero-order chi connectivity index (χ0) is 21.1. The van der Waals surface area contributed by atoms with E-state index < -0.39 is 5.41 Å². The number of carbonyl (C=O) groups excluding carboxylic acids is 2. The molecule has 2 aromatic rings. The van der Waals surface area contributed by atoms with Crippen LogP contribution in [0.3, 0.4) is 0 Å². The van der Waals surface area contributed by atoms with E-state index >= 15 is 0 Å². The van der Waals surface area contributed by atoms with Crippen LogP contribution in [-0.2, 0) is 15.0 Å². The van der Waals surface area contributed by atoms with Crippen LogP contribution in [0.1, 0.15) is 18.4 Å². The molecule has 1 saturated heterocycles. The van der Waals surface area contributed by atoms with Crippen molar-refractivity contribution in [3.05, 3.63) is 66.7 Å². The Morgan fingerprint density at radius 3 is 2.53 bits per heavy atom. The predicted molar refractivity (Wildman–Crippen MR) is 118 cm³/mol. The van der Waals surface area contributed by atoms with Gasteiger partial charge in [0.2, 0.25) is 11.8 Å². The number of fused-ring (bicyclic) bond motifs is 1. The van der Waals surface area contributed by atoms with Crippen molar-refractivity contribution in [3.8, 4) is 5.75 Å². The first-order valence-corrected chi connectivity index (χ1v) is 10.3. The van der Waals surface area contributed by atoms with Crippen molar-refractivity contribution >= 4 is 23.2 Å². The Balaban J connectivity index is 1.60. The molecule has 2 aromatic carbocycles. The number of hydrogen-bond donors (Lipinski definition) is 1. The van der Waals surface area contributed by atoms with Gasteiger partial charge in [-0.05, 0) is 42.7 Å². The summed E-state index contributed by atoms with van der Waals surface area (Å²) in [5.74, 6) is 0.698. The van der Waals surface area contributed by atoms with Gasteiger partial charge in [0, 0.05) is 25.8 Å². The Morgan fingerprint density at radius 1 is 1.10 bits per heavy atom. The Bertz CT molecular complexity index is 949. The summed E-state index contributed by atoms with van der Waals surface area (Å²) in [4.78, 5) is 29.5. The van der Waals surface area contributed by atoms with Crippen molar-refractivity contribution in [1.29, 1.82) is 0 Å². The van der Waals surface area contributed by atoms with Crippen molar-refractivity contribution in [3.63, 3.8) is 0 Å². The van der Waals surface area contributed by atoms with E-state index in [9.17, 15) is 9.59 Å². The smallest absolute Gasteiger partial charge is 0.245 e. The molecule has 0 saturated carbocycles. The van der Waals surface area contributed by atoms with Crippen LogP contribution in [0.2, 0.25) is 0 Å². The molecule has 1 N–H and O–H groups in total. The summed E-state index contributed by atoms with van der Waals surface area (Å²) in [5, 5.41) is 3.13. The number of anilines is 2. The lowest BCUT2D eigenvalue weighted by Gasteiger charge is -2.41. The lowest BCUT2D eigenvalue weighted by Crippen LogP contribution is -2.50. The molecule has 1 fully saturated rings. The third-order valence-electron chi connectivity index (χ3n) is 6.18. The lowest BCUT2D eigenvalue weighted by atomic mass is 9.72. The average Bonchev–Trinajstić information content (AvgIpc) is 2.79. The van der Waals surface area contributed by atoms with Crippen LogP contribution in [0.15, 0.2) is 61.2 Å². The standard InChI is InChI=1S/C24H27N3O3/c1-3-22(28)27-13-11-24(12-14-27,18-7-5-4-6-8-18)23(29)25-19-9-10-21-20(17-19)26(2)15-16-30-21/h3-10,17H,1,11-16H2,2H3,(H,25,29). The van der Waals surface area contributed by atoms with E-state index in [0.717, 1.165) is 29.2 Å². The fraction of sp³-hybridized carbons (Fsp3) is 0.333. The second-order valence-electron chi connectivity index (χ2n) is 7.88. The summed E-state index contributed by atoms with van der Waals surface area (Å²) in [6.07, 6.45) is 2.47. The first kappa shape index (κ1) is 20.0. The number of likely N-dealkylation sites (N-methyl/N-ethyl adjacent to an activating group) is 1. The number of hydrogen-bond acceptors (Lipinski definition) is 4. The fourth-order valence-electron chi connectivity index (χ4n) is 4.32. The zero-order valence-electron chi connectivity index (χ0n) is 17.3. The number of rotatable bonds is 4. The van der Waals surface area contributed by atoms with Crippen molar-refractivity contribution in [2.75, 3.05) is 43.5 Å². The van der Waals surface area contributed by atoms with Crippen molar-refractivity contribution in [1.82, 2.24) is 4.90 Å². The van der Waals surface area contributed by atoms with Crippen LogP contribution in [0.5, 0.6) is 5.75 Å². The molecule has 2 aliphatic rings. The van der Waals surface area contributed by atoms with Crippen molar-refractivity contribution in [2.24, 2.45) is 0 Å². The van der Waals surface area contributed by atoms with Crippen molar-refractivity contribution < 1.29 is 14.3 Å². The topological polar surface area (TPSA) is 61.9 Å². The highest BCUT2D eigenvalue weighted by Gasteiger charge is 2.43. The minimum Gasteiger partial charge on any atom is -0.490 e. The summed E-state index contributed by atoms with van der Waals surface area (Å²) in [5.41, 5.74) is 2.01. The number of amides is 2. The van der Waals surface area contributed by atoms with Crippen molar-refractivity contribution in [2.45, 2.75) is 18.3 Å². The van der Waals surface area contributed by atoms with Gasteiger partial charge in [0.05, 0.1) is 17.6 Å². The summed E-state index contributed by atoms with van der Waals surface area (Å²) in [6, 6.07) is 15.6. The van der Waals surface area contributed by atoms with Crippen LogP contribution in [-0.4, -0.2) is 50.0 Å². The largest absolute Gasteiger partial charge is 0.490 e. The molecule has 0 aliphatic carbocycles. The van der Waals surface area contributed by atoms with E-state index in [1.54, 1.807) is 4.90 Å². The zero-order valence-corrected chi connectivity index (χ0v) is 17.3. The molecule has 0 aromatic heterocycles. The van der Waals surface area contributed by atoms with E-state index in [1.807, 2.05) is 55.6 Å².